The minimum atomic E-state index is -3.97. The number of hydrogen-bond donors (Lipinski definition) is 3. The molecule has 0 aliphatic heterocycles. The van der Waals surface area contributed by atoms with Gasteiger partial charge in [-0.1, -0.05) is 13.8 Å². The highest BCUT2D eigenvalue weighted by Crippen LogP contribution is 2.31. The fourth-order valence-electron chi connectivity index (χ4n) is 1.98. The van der Waals surface area contributed by atoms with Crippen molar-refractivity contribution in [3.05, 3.63) is 23.3 Å². The molecule has 1 rings (SSSR count). The van der Waals surface area contributed by atoms with Gasteiger partial charge in [-0.2, -0.15) is 0 Å². The van der Waals surface area contributed by atoms with Gasteiger partial charge in [-0.3, -0.25) is 0 Å². The van der Waals surface area contributed by atoms with E-state index in [-0.39, 0.29) is 10.8 Å². The number of methoxy groups -OCH3 is 1. The Morgan fingerprint density at radius 2 is 1.96 bits per heavy atom. The molecule has 0 amide bonds. The third-order valence-corrected chi connectivity index (χ3v) is 5.05. The maximum absolute atomic E-state index is 12.4. The maximum Gasteiger partial charge on any atom is 0.336 e. The first-order chi connectivity index (χ1) is 10.4. The largest absolute Gasteiger partial charge is 0.496 e. The number of aliphatic carboxylic acids is 1. The van der Waals surface area contributed by atoms with E-state index in [2.05, 4.69) is 4.72 Å². The topological polar surface area (TPSA) is 113 Å². The van der Waals surface area contributed by atoms with Crippen LogP contribution in [-0.2, 0) is 14.8 Å². The number of nitrogens with one attached hydrogen (secondary N) is 1. The Morgan fingerprint density at radius 3 is 2.39 bits per heavy atom. The van der Waals surface area contributed by atoms with E-state index < -0.39 is 28.1 Å². The van der Waals surface area contributed by atoms with Crippen LogP contribution in [0.3, 0.4) is 0 Å². The van der Waals surface area contributed by atoms with Gasteiger partial charge in [0.2, 0.25) is 10.0 Å². The summed E-state index contributed by atoms with van der Waals surface area (Å²) in [5.74, 6) is -0.870. The summed E-state index contributed by atoms with van der Waals surface area (Å²) in [5.41, 5.74) is -0.994. The van der Waals surface area contributed by atoms with Crippen LogP contribution in [0.2, 0.25) is 0 Å². The van der Waals surface area contributed by atoms with E-state index in [4.69, 9.17) is 9.84 Å². The van der Waals surface area contributed by atoms with Crippen LogP contribution in [0.15, 0.2) is 17.0 Å². The minimum Gasteiger partial charge on any atom is -0.496 e. The molecule has 0 saturated heterocycles. The minimum absolute atomic E-state index is 0.0307. The van der Waals surface area contributed by atoms with Crippen molar-refractivity contribution in [3.63, 3.8) is 0 Å². The van der Waals surface area contributed by atoms with Gasteiger partial charge >= 0.3 is 5.97 Å². The lowest BCUT2D eigenvalue weighted by atomic mass is 10.0. The number of ether oxygens (including phenoxy) is 1. The normalized spacial score (nSPS) is 14.6. The monoisotopic (exact) mass is 345 g/mol. The Labute approximate surface area is 136 Å². The second kappa shape index (κ2) is 6.86. The standard InChI is InChI=1S/C15H23NO6S/c1-9(2)11-7-13(10(3)6-12(11)22-5)23(20,21)16-8-15(4,19)14(17)18/h6-7,9,16,19H,8H2,1-5H3,(H,17,18). The van der Waals surface area contributed by atoms with Crippen molar-refractivity contribution >= 4 is 16.0 Å². The number of rotatable bonds is 7. The van der Waals surface area contributed by atoms with Crippen LogP contribution in [0, 0.1) is 6.92 Å². The number of sulfonamides is 1. The molecule has 0 saturated carbocycles. The number of hydrogen-bond acceptors (Lipinski definition) is 5. The van der Waals surface area contributed by atoms with E-state index >= 15 is 0 Å². The summed E-state index contributed by atoms with van der Waals surface area (Å²) in [6.07, 6.45) is 0. The zero-order chi connectivity index (χ0) is 18.0. The molecule has 1 atom stereocenters. The van der Waals surface area contributed by atoms with Gasteiger partial charge in [0.15, 0.2) is 5.60 Å². The zero-order valence-corrected chi connectivity index (χ0v) is 14.7. The molecule has 1 aromatic rings. The Balaban J connectivity index is 3.23. The lowest BCUT2D eigenvalue weighted by Crippen LogP contribution is -2.46. The predicted octanol–water partition coefficient (Wildman–Crippen LogP) is 1.24. The number of benzene rings is 1. The Kier molecular flexibility index (Phi) is 5.79. The molecule has 0 fully saturated rings. The van der Waals surface area contributed by atoms with Gasteiger partial charge in [-0.25, -0.2) is 17.9 Å². The molecule has 0 aliphatic rings. The summed E-state index contributed by atoms with van der Waals surface area (Å²) >= 11 is 0. The molecule has 23 heavy (non-hydrogen) atoms. The van der Waals surface area contributed by atoms with Crippen LogP contribution >= 0.6 is 0 Å². The third kappa shape index (κ3) is 4.43. The fraction of sp³-hybridized carbons (Fsp3) is 0.533. The lowest BCUT2D eigenvalue weighted by Gasteiger charge is -2.20. The molecular weight excluding hydrogens is 322 g/mol. The Bertz CT molecular complexity index is 694. The average Bonchev–Trinajstić information content (AvgIpc) is 2.44. The summed E-state index contributed by atoms with van der Waals surface area (Å²) in [5, 5.41) is 18.5. The molecule has 7 nitrogen and oxygen atoms in total. The first kappa shape index (κ1) is 19.4. The molecule has 0 bridgehead atoms. The van der Waals surface area contributed by atoms with E-state index in [0.29, 0.717) is 11.3 Å². The molecule has 0 heterocycles. The molecule has 8 heteroatoms. The van der Waals surface area contributed by atoms with Gasteiger partial charge in [0.05, 0.1) is 18.6 Å². The van der Waals surface area contributed by atoms with Gasteiger partial charge in [-0.05, 0) is 43.0 Å². The number of carboxylic acids is 1. The molecule has 0 aromatic heterocycles. The van der Waals surface area contributed by atoms with E-state index in [0.717, 1.165) is 12.5 Å². The van der Waals surface area contributed by atoms with Gasteiger partial charge in [0, 0.05) is 0 Å². The van der Waals surface area contributed by atoms with Crippen molar-refractivity contribution in [2.75, 3.05) is 13.7 Å². The van der Waals surface area contributed by atoms with E-state index in [1.165, 1.54) is 13.2 Å². The van der Waals surface area contributed by atoms with E-state index in [1.54, 1.807) is 13.0 Å². The van der Waals surface area contributed by atoms with Crippen molar-refractivity contribution in [3.8, 4) is 5.75 Å². The van der Waals surface area contributed by atoms with Gasteiger partial charge in [0.1, 0.15) is 5.75 Å². The smallest absolute Gasteiger partial charge is 0.336 e. The predicted molar refractivity (Wildman–Crippen MR) is 85.3 cm³/mol. The van der Waals surface area contributed by atoms with E-state index in [9.17, 15) is 18.3 Å². The summed E-state index contributed by atoms with van der Waals surface area (Å²) < 4.78 is 32.3. The summed E-state index contributed by atoms with van der Waals surface area (Å²) in [6, 6.07) is 3.13. The number of carbonyl (C=O) groups is 1. The second-order valence-electron chi connectivity index (χ2n) is 5.92. The SMILES string of the molecule is COc1cc(C)c(S(=O)(=O)NCC(C)(O)C(=O)O)cc1C(C)C. The number of carboxylic acid groups (broad SMARTS) is 1. The van der Waals surface area contributed by atoms with E-state index in [1.807, 2.05) is 13.8 Å². The molecule has 130 valence electrons. The van der Waals surface area contributed by atoms with Crippen molar-refractivity contribution in [1.82, 2.24) is 4.72 Å². The second-order valence-corrected chi connectivity index (χ2v) is 7.65. The summed E-state index contributed by atoms with van der Waals surface area (Å²) in [4.78, 5) is 10.9. The molecule has 0 aliphatic carbocycles. The molecular formula is C15H23NO6S. The van der Waals surface area contributed by atoms with Crippen LogP contribution in [0.25, 0.3) is 0 Å². The summed E-state index contributed by atoms with van der Waals surface area (Å²) in [6.45, 7) is 5.83. The van der Waals surface area contributed by atoms with Gasteiger partial charge < -0.3 is 14.9 Å². The molecule has 0 spiro atoms. The highest BCUT2D eigenvalue weighted by Gasteiger charge is 2.32. The van der Waals surface area contributed by atoms with Crippen molar-refractivity contribution in [2.24, 2.45) is 0 Å². The average molecular weight is 345 g/mol. The van der Waals surface area contributed by atoms with Gasteiger partial charge in [-0.15, -0.1) is 0 Å². The Hall–Kier alpha value is -1.64. The first-order valence-corrected chi connectivity index (χ1v) is 8.54. The van der Waals surface area contributed by atoms with Crippen molar-refractivity contribution < 1.29 is 28.2 Å². The third-order valence-electron chi connectivity index (χ3n) is 3.51. The van der Waals surface area contributed by atoms with Crippen molar-refractivity contribution in [1.29, 1.82) is 0 Å². The molecule has 3 N–H and O–H groups in total. The quantitative estimate of drug-likeness (QED) is 0.685. The van der Waals surface area contributed by atoms with Crippen LogP contribution < -0.4 is 9.46 Å². The Morgan fingerprint density at radius 1 is 1.39 bits per heavy atom. The van der Waals surface area contributed by atoms with Crippen LogP contribution in [0.5, 0.6) is 5.75 Å². The maximum atomic E-state index is 12.4. The van der Waals surface area contributed by atoms with Crippen LogP contribution in [0.1, 0.15) is 37.8 Å². The highest BCUT2D eigenvalue weighted by molar-refractivity contribution is 7.89. The molecule has 1 aromatic carbocycles. The first-order valence-electron chi connectivity index (χ1n) is 7.06. The molecule has 0 radical (unpaired) electrons. The van der Waals surface area contributed by atoms with Crippen LogP contribution in [0.4, 0.5) is 0 Å². The van der Waals surface area contributed by atoms with Crippen LogP contribution in [-0.4, -0.2) is 43.9 Å². The van der Waals surface area contributed by atoms with Gasteiger partial charge in [0.25, 0.3) is 0 Å². The number of aliphatic hydroxyl groups is 1. The number of aryl methyl sites for hydroxylation is 1. The molecule has 1 unspecified atom stereocenters. The lowest BCUT2D eigenvalue weighted by molar-refractivity contribution is -0.155. The fourth-order valence-corrected chi connectivity index (χ4v) is 3.38. The summed E-state index contributed by atoms with van der Waals surface area (Å²) in [7, 11) is -2.46. The highest BCUT2D eigenvalue weighted by atomic mass is 32.2. The zero-order valence-electron chi connectivity index (χ0n) is 13.9. The van der Waals surface area contributed by atoms with Crippen molar-refractivity contribution in [2.45, 2.75) is 44.1 Å².